The van der Waals surface area contributed by atoms with Gasteiger partial charge in [0.25, 0.3) is 5.91 Å². The van der Waals surface area contributed by atoms with Crippen molar-refractivity contribution >= 4 is 17.2 Å². The van der Waals surface area contributed by atoms with E-state index in [1.807, 2.05) is 17.0 Å². The second-order valence-corrected chi connectivity index (χ2v) is 8.73. The van der Waals surface area contributed by atoms with E-state index in [1.54, 1.807) is 25.6 Å². The standard InChI is InChI=1S/C19H30N2O3S/c1-15-4-5-17(25-15)18(22)21-8-6-19(7-9-21)14-20(10-11-23-2)12-16(19)13-24-3/h4-5,16H,6-14H2,1-3H3/t16-/m0/s1. The molecule has 1 atom stereocenters. The number of methoxy groups -OCH3 is 2. The molecule has 0 radical (unpaired) electrons. The van der Waals surface area contributed by atoms with Gasteiger partial charge < -0.3 is 19.3 Å². The number of thiophene rings is 1. The molecule has 0 unspecified atom stereocenters. The highest BCUT2D eigenvalue weighted by Crippen LogP contribution is 2.45. The highest BCUT2D eigenvalue weighted by molar-refractivity contribution is 7.13. The SMILES string of the molecule is COCCN1C[C@@H](COC)C2(CCN(C(=O)c3ccc(C)s3)CC2)C1. The first-order valence-corrected chi connectivity index (χ1v) is 9.95. The van der Waals surface area contributed by atoms with E-state index in [4.69, 9.17) is 9.47 Å². The fourth-order valence-corrected chi connectivity index (χ4v) is 5.23. The summed E-state index contributed by atoms with van der Waals surface area (Å²) < 4.78 is 10.8. The molecule has 2 aliphatic heterocycles. The summed E-state index contributed by atoms with van der Waals surface area (Å²) in [5.41, 5.74) is 0.284. The molecule has 2 fully saturated rings. The van der Waals surface area contributed by atoms with Gasteiger partial charge in [-0.1, -0.05) is 0 Å². The first-order chi connectivity index (χ1) is 12.1. The number of likely N-dealkylation sites (tertiary alicyclic amines) is 2. The van der Waals surface area contributed by atoms with Crippen molar-refractivity contribution in [3.63, 3.8) is 0 Å². The van der Waals surface area contributed by atoms with Crippen molar-refractivity contribution in [3.05, 3.63) is 21.9 Å². The molecule has 5 nitrogen and oxygen atoms in total. The highest BCUT2D eigenvalue weighted by Gasteiger charge is 2.48. The molecular formula is C19H30N2O3S. The van der Waals surface area contributed by atoms with Gasteiger partial charge in [-0.05, 0) is 37.3 Å². The zero-order chi connectivity index (χ0) is 17.9. The summed E-state index contributed by atoms with van der Waals surface area (Å²) in [6, 6.07) is 3.99. The van der Waals surface area contributed by atoms with E-state index in [0.717, 1.165) is 63.7 Å². The lowest BCUT2D eigenvalue weighted by Crippen LogP contribution is -2.47. The predicted octanol–water partition coefficient (Wildman–Crippen LogP) is 2.50. The van der Waals surface area contributed by atoms with Gasteiger partial charge in [-0.3, -0.25) is 4.79 Å². The summed E-state index contributed by atoms with van der Waals surface area (Å²) in [5, 5.41) is 0. The van der Waals surface area contributed by atoms with Crippen molar-refractivity contribution in [3.8, 4) is 0 Å². The molecule has 2 saturated heterocycles. The van der Waals surface area contributed by atoms with Crippen LogP contribution in [0.1, 0.15) is 27.4 Å². The van der Waals surface area contributed by atoms with Crippen molar-refractivity contribution in [2.24, 2.45) is 11.3 Å². The van der Waals surface area contributed by atoms with Crippen LogP contribution < -0.4 is 0 Å². The summed E-state index contributed by atoms with van der Waals surface area (Å²) >= 11 is 1.60. The summed E-state index contributed by atoms with van der Waals surface area (Å²) in [7, 11) is 3.55. The van der Waals surface area contributed by atoms with Gasteiger partial charge in [-0.15, -0.1) is 11.3 Å². The number of aryl methyl sites for hydroxylation is 1. The molecule has 3 rings (SSSR count). The monoisotopic (exact) mass is 366 g/mol. The van der Waals surface area contributed by atoms with Gasteiger partial charge >= 0.3 is 0 Å². The van der Waals surface area contributed by atoms with Crippen molar-refractivity contribution in [2.75, 3.05) is 60.2 Å². The fourth-order valence-electron chi connectivity index (χ4n) is 4.39. The maximum Gasteiger partial charge on any atom is 0.263 e. The van der Waals surface area contributed by atoms with Gasteiger partial charge in [0.1, 0.15) is 0 Å². The van der Waals surface area contributed by atoms with E-state index in [1.165, 1.54) is 4.88 Å². The van der Waals surface area contributed by atoms with Crippen LogP contribution >= 0.6 is 11.3 Å². The Kier molecular flexibility index (Phi) is 6.15. The smallest absolute Gasteiger partial charge is 0.263 e. The molecular weight excluding hydrogens is 336 g/mol. The Morgan fingerprint density at radius 3 is 2.64 bits per heavy atom. The molecule has 140 valence electrons. The lowest BCUT2D eigenvalue weighted by atomic mass is 9.71. The van der Waals surface area contributed by atoms with E-state index in [0.29, 0.717) is 5.92 Å². The van der Waals surface area contributed by atoms with Gasteiger partial charge in [0.05, 0.1) is 18.1 Å². The Hall–Kier alpha value is -0.950. The topological polar surface area (TPSA) is 42.0 Å². The minimum atomic E-state index is 0.200. The molecule has 2 aliphatic rings. The molecule has 1 aromatic heterocycles. The van der Waals surface area contributed by atoms with E-state index in [-0.39, 0.29) is 11.3 Å². The third-order valence-corrected chi connectivity index (χ3v) is 6.85. The van der Waals surface area contributed by atoms with Gasteiger partial charge in [0, 0.05) is 57.7 Å². The fraction of sp³-hybridized carbons (Fsp3) is 0.737. The lowest BCUT2D eigenvalue weighted by Gasteiger charge is -2.42. The molecule has 0 saturated carbocycles. The minimum absolute atomic E-state index is 0.200. The second kappa shape index (κ2) is 8.16. The van der Waals surface area contributed by atoms with Crippen LogP contribution in [0.15, 0.2) is 12.1 Å². The first kappa shape index (κ1) is 18.8. The van der Waals surface area contributed by atoms with Gasteiger partial charge in [-0.2, -0.15) is 0 Å². The van der Waals surface area contributed by atoms with Crippen LogP contribution in [0.4, 0.5) is 0 Å². The Morgan fingerprint density at radius 2 is 2.04 bits per heavy atom. The largest absolute Gasteiger partial charge is 0.384 e. The molecule has 6 heteroatoms. The van der Waals surface area contributed by atoms with E-state index in [9.17, 15) is 4.79 Å². The van der Waals surface area contributed by atoms with Crippen LogP contribution in [0, 0.1) is 18.3 Å². The van der Waals surface area contributed by atoms with Crippen molar-refractivity contribution < 1.29 is 14.3 Å². The molecule has 1 aromatic rings. The number of carbonyl (C=O) groups is 1. The zero-order valence-corrected chi connectivity index (χ0v) is 16.4. The number of hydrogen-bond donors (Lipinski definition) is 0. The van der Waals surface area contributed by atoms with Crippen LogP contribution in [-0.2, 0) is 9.47 Å². The molecule has 1 spiro atoms. The Balaban J connectivity index is 1.63. The van der Waals surface area contributed by atoms with Crippen molar-refractivity contribution in [1.29, 1.82) is 0 Å². The lowest BCUT2D eigenvalue weighted by molar-refractivity contribution is 0.0323. The second-order valence-electron chi connectivity index (χ2n) is 7.45. The quantitative estimate of drug-likeness (QED) is 0.776. The van der Waals surface area contributed by atoms with Crippen LogP contribution in [0.2, 0.25) is 0 Å². The number of ether oxygens (including phenoxy) is 2. The third-order valence-electron chi connectivity index (χ3n) is 5.86. The van der Waals surface area contributed by atoms with Crippen LogP contribution in [0.5, 0.6) is 0 Å². The summed E-state index contributed by atoms with van der Waals surface area (Å²) in [4.78, 5) is 19.3. The normalized spacial score (nSPS) is 23.5. The molecule has 0 bridgehead atoms. The molecule has 1 amide bonds. The third kappa shape index (κ3) is 4.08. The number of amides is 1. The average molecular weight is 367 g/mol. The number of rotatable bonds is 6. The molecule has 25 heavy (non-hydrogen) atoms. The number of hydrogen-bond acceptors (Lipinski definition) is 5. The van der Waals surface area contributed by atoms with Crippen LogP contribution in [0.25, 0.3) is 0 Å². The van der Waals surface area contributed by atoms with Crippen LogP contribution in [0.3, 0.4) is 0 Å². The van der Waals surface area contributed by atoms with Gasteiger partial charge in [0.15, 0.2) is 0 Å². The van der Waals surface area contributed by atoms with E-state index >= 15 is 0 Å². The van der Waals surface area contributed by atoms with Gasteiger partial charge in [-0.25, -0.2) is 0 Å². The molecule has 0 N–H and O–H groups in total. The number of piperidine rings is 1. The summed E-state index contributed by atoms with van der Waals surface area (Å²) in [6.07, 6.45) is 2.14. The zero-order valence-electron chi connectivity index (χ0n) is 15.6. The van der Waals surface area contributed by atoms with Crippen LogP contribution in [-0.4, -0.2) is 75.9 Å². The maximum absolute atomic E-state index is 12.7. The minimum Gasteiger partial charge on any atom is -0.384 e. The molecule has 3 heterocycles. The average Bonchev–Trinajstić information content (AvgIpc) is 3.18. The molecule has 0 aliphatic carbocycles. The Bertz CT molecular complexity index is 581. The number of carbonyl (C=O) groups excluding carboxylic acids is 1. The Morgan fingerprint density at radius 1 is 1.28 bits per heavy atom. The summed E-state index contributed by atoms with van der Waals surface area (Å²) in [6.45, 7) is 8.51. The Labute approximate surface area is 154 Å². The molecule has 0 aromatic carbocycles. The number of nitrogens with zero attached hydrogens (tertiary/aromatic N) is 2. The van der Waals surface area contributed by atoms with Gasteiger partial charge in [0.2, 0.25) is 0 Å². The maximum atomic E-state index is 12.7. The predicted molar refractivity (Wildman–Crippen MR) is 100 cm³/mol. The van der Waals surface area contributed by atoms with E-state index in [2.05, 4.69) is 11.8 Å². The first-order valence-electron chi connectivity index (χ1n) is 9.14. The van der Waals surface area contributed by atoms with E-state index < -0.39 is 0 Å². The summed E-state index contributed by atoms with van der Waals surface area (Å²) in [5.74, 6) is 0.751. The highest BCUT2D eigenvalue weighted by atomic mass is 32.1. The van der Waals surface area contributed by atoms with Crippen molar-refractivity contribution in [1.82, 2.24) is 9.80 Å². The van der Waals surface area contributed by atoms with Crippen molar-refractivity contribution in [2.45, 2.75) is 19.8 Å².